The van der Waals surface area contributed by atoms with Crippen molar-refractivity contribution >= 4 is 6.29 Å². The molecule has 1 atom stereocenters. The van der Waals surface area contributed by atoms with Crippen LogP contribution in [-0.4, -0.2) is 24.1 Å². The quantitative estimate of drug-likeness (QED) is 0.564. The number of benzene rings is 1. The highest BCUT2D eigenvalue weighted by atomic mass is 16.5. The molecule has 0 heterocycles. The first-order chi connectivity index (χ1) is 7.36. The lowest BCUT2D eigenvalue weighted by atomic mass is 10.2. The summed E-state index contributed by atoms with van der Waals surface area (Å²) < 4.78 is 5.38. The molecule has 1 aromatic carbocycles. The molecule has 0 aliphatic carbocycles. The van der Waals surface area contributed by atoms with Gasteiger partial charge in [0.2, 0.25) is 0 Å². The van der Waals surface area contributed by atoms with E-state index >= 15 is 0 Å². The summed E-state index contributed by atoms with van der Waals surface area (Å²) in [4.78, 5) is 10.1. The number of carbonyl (C=O) groups is 1. The lowest BCUT2D eigenvalue weighted by Crippen LogP contribution is -2.14. The smallest absolute Gasteiger partial charge is 0.142 e. The third kappa shape index (κ3) is 4.54. The number of aldehydes is 1. The molecule has 3 nitrogen and oxygen atoms in total. The molecule has 3 heteroatoms. The molecule has 0 spiro atoms. The maximum atomic E-state index is 10.1. The lowest BCUT2D eigenvalue weighted by Gasteiger charge is -2.10. The molecule has 0 fully saturated rings. The summed E-state index contributed by atoms with van der Waals surface area (Å²) in [6.07, 6.45) is 3.10. The molecule has 0 aromatic heterocycles. The van der Waals surface area contributed by atoms with E-state index in [4.69, 9.17) is 9.84 Å². The molecule has 0 bridgehead atoms. The average molecular weight is 206 g/mol. The Hall–Kier alpha value is -1.45. The molecule has 15 heavy (non-hydrogen) atoms. The maximum absolute atomic E-state index is 10.1. The Bertz CT molecular complexity index is 306. The molecule has 0 amide bonds. The van der Waals surface area contributed by atoms with Gasteiger partial charge in [-0.2, -0.15) is 0 Å². The Labute approximate surface area is 89.0 Å². The van der Waals surface area contributed by atoms with Crippen molar-refractivity contribution in [2.45, 2.75) is 12.7 Å². The summed E-state index contributed by atoms with van der Waals surface area (Å²) in [7, 11) is 0. The minimum atomic E-state index is -0.421. The number of hydrogen-bond donors (Lipinski definition) is 1. The van der Waals surface area contributed by atoms with Gasteiger partial charge in [-0.1, -0.05) is 36.4 Å². The zero-order valence-electron chi connectivity index (χ0n) is 8.37. The minimum absolute atomic E-state index is 0.128. The van der Waals surface area contributed by atoms with Crippen LogP contribution in [-0.2, 0) is 16.1 Å². The van der Waals surface area contributed by atoms with Gasteiger partial charge in [0.15, 0.2) is 0 Å². The van der Waals surface area contributed by atoms with Crippen molar-refractivity contribution in [2.75, 3.05) is 6.61 Å². The Morgan fingerprint density at radius 3 is 2.67 bits per heavy atom. The van der Waals surface area contributed by atoms with Crippen molar-refractivity contribution in [3.63, 3.8) is 0 Å². The molecule has 1 N–H and O–H groups in total. The largest absolute Gasteiger partial charge is 0.393 e. The van der Waals surface area contributed by atoms with Gasteiger partial charge in [-0.25, -0.2) is 0 Å². The summed E-state index contributed by atoms with van der Waals surface area (Å²) in [5, 5.41) is 8.94. The van der Waals surface area contributed by atoms with Crippen molar-refractivity contribution in [3.05, 3.63) is 48.0 Å². The zero-order valence-corrected chi connectivity index (χ0v) is 8.37. The minimum Gasteiger partial charge on any atom is -0.393 e. The standard InChI is InChI=1S/C12H14O3/c13-8-4-7-12(9-14)15-10-11-5-2-1-3-6-11/h1-8,12,14H,9-10H2/b7-4+/t12-/m0/s1. The Morgan fingerprint density at radius 2 is 2.07 bits per heavy atom. The normalized spacial score (nSPS) is 12.9. The second-order valence-corrected chi connectivity index (χ2v) is 3.04. The fraction of sp³-hybridized carbons (Fsp3) is 0.250. The van der Waals surface area contributed by atoms with Crippen molar-refractivity contribution < 1.29 is 14.6 Å². The third-order valence-electron chi connectivity index (χ3n) is 1.89. The number of aliphatic hydroxyl groups excluding tert-OH is 1. The average Bonchev–Trinajstić information content (AvgIpc) is 2.31. The van der Waals surface area contributed by atoms with Gasteiger partial charge in [0.05, 0.1) is 19.3 Å². The first-order valence-corrected chi connectivity index (χ1v) is 4.75. The number of carbonyl (C=O) groups excluding carboxylic acids is 1. The zero-order chi connectivity index (χ0) is 10.9. The molecular weight excluding hydrogens is 192 g/mol. The van der Waals surface area contributed by atoms with Crippen molar-refractivity contribution in [1.82, 2.24) is 0 Å². The summed E-state index contributed by atoms with van der Waals surface area (Å²) in [5.74, 6) is 0. The van der Waals surface area contributed by atoms with Crippen LogP contribution >= 0.6 is 0 Å². The van der Waals surface area contributed by atoms with Gasteiger partial charge in [-0.15, -0.1) is 0 Å². The van der Waals surface area contributed by atoms with Crippen LogP contribution in [0.25, 0.3) is 0 Å². The fourth-order valence-electron chi connectivity index (χ4n) is 1.12. The van der Waals surface area contributed by atoms with Crippen LogP contribution in [0.1, 0.15) is 5.56 Å². The molecule has 0 saturated carbocycles. The number of rotatable bonds is 6. The summed E-state index contributed by atoms with van der Waals surface area (Å²) in [5.41, 5.74) is 1.04. The molecule has 0 saturated heterocycles. The van der Waals surface area contributed by atoms with E-state index in [1.807, 2.05) is 30.3 Å². The van der Waals surface area contributed by atoms with Crippen LogP contribution in [0.5, 0.6) is 0 Å². The molecule has 0 radical (unpaired) electrons. The second-order valence-electron chi connectivity index (χ2n) is 3.04. The summed E-state index contributed by atoms with van der Waals surface area (Å²) >= 11 is 0. The SMILES string of the molecule is O=C/C=C/[C@@H](CO)OCc1ccccc1. The first-order valence-electron chi connectivity index (χ1n) is 4.75. The Kier molecular flexibility index (Phi) is 5.37. The lowest BCUT2D eigenvalue weighted by molar-refractivity contribution is -0.104. The molecule has 1 rings (SSSR count). The predicted molar refractivity (Wildman–Crippen MR) is 57.3 cm³/mol. The topological polar surface area (TPSA) is 46.5 Å². The number of allylic oxidation sites excluding steroid dienone is 1. The molecular formula is C12H14O3. The maximum Gasteiger partial charge on any atom is 0.142 e. The van der Waals surface area contributed by atoms with E-state index in [-0.39, 0.29) is 6.61 Å². The van der Waals surface area contributed by atoms with Crippen molar-refractivity contribution in [3.8, 4) is 0 Å². The van der Waals surface area contributed by atoms with Crippen molar-refractivity contribution in [2.24, 2.45) is 0 Å². The second kappa shape index (κ2) is 6.92. The van der Waals surface area contributed by atoms with Crippen LogP contribution in [0.3, 0.4) is 0 Å². The highest BCUT2D eigenvalue weighted by Gasteiger charge is 2.02. The van der Waals surface area contributed by atoms with Gasteiger partial charge in [-0.05, 0) is 11.6 Å². The van der Waals surface area contributed by atoms with E-state index < -0.39 is 6.10 Å². The van der Waals surface area contributed by atoms with Gasteiger partial charge in [0, 0.05) is 0 Å². The van der Waals surface area contributed by atoms with Gasteiger partial charge >= 0.3 is 0 Å². The molecule has 0 aliphatic heterocycles. The van der Waals surface area contributed by atoms with E-state index in [2.05, 4.69) is 0 Å². The van der Waals surface area contributed by atoms with E-state index in [1.165, 1.54) is 12.2 Å². The number of ether oxygens (including phenoxy) is 1. The fourth-order valence-corrected chi connectivity index (χ4v) is 1.12. The van der Waals surface area contributed by atoms with Gasteiger partial charge in [0.25, 0.3) is 0 Å². The van der Waals surface area contributed by atoms with E-state index in [9.17, 15) is 4.79 Å². The molecule has 0 unspecified atom stereocenters. The highest BCUT2D eigenvalue weighted by Crippen LogP contribution is 2.03. The summed E-state index contributed by atoms with van der Waals surface area (Å²) in [6.45, 7) is 0.298. The molecule has 80 valence electrons. The number of hydrogen-bond acceptors (Lipinski definition) is 3. The molecule has 0 aliphatic rings. The predicted octanol–water partition coefficient (Wildman–Crippen LogP) is 1.32. The van der Waals surface area contributed by atoms with Gasteiger partial charge < -0.3 is 9.84 Å². The van der Waals surface area contributed by atoms with E-state index in [1.54, 1.807) is 0 Å². The van der Waals surface area contributed by atoms with Gasteiger partial charge in [-0.3, -0.25) is 4.79 Å². The van der Waals surface area contributed by atoms with E-state index in [0.717, 1.165) is 5.56 Å². The Balaban J connectivity index is 2.41. The first kappa shape index (κ1) is 11.6. The van der Waals surface area contributed by atoms with E-state index in [0.29, 0.717) is 12.9 Å². The third-order valence-corrected chi connectivity index (χ3v) is 1.89. The van der Waals surface area contributed by atoms with Crippen molar-refractivity contribution in [1.29, 1.82) is 0 Å². The van der Waals surface area contributed by atoms with Crippen LogP contribution in [0.2, 0.25) is 0 Å². The Morgan fingerprint density at radius 1 is 1.33 bits per heavy atom. The summed E-state index contributed by atoms with van der Waals surface area (Å²) in [6, 6.07) is 9.66. The monoisotopic (exact) mass is 206 g/mol. The van der Waals surface area contributed by atoms with Crippen LogP contribution < -0.4 is 0 Å². The molecule has 1 aromatic rings. The number of aliphatic hydroxyl groups is 1. The highest BCUT2D eigenvalue weighted by molar-refractivity contribution is 5.64. The van der Waals surface area contributed by atoms with Crippen LogP contribution in [0, 0.1) is 0 Å². The van der Waals surface area contributed by atoms with Crippen LogP contribution in [0.4, 0.5) is 0 Å². The van der Waals surface area contributed by atoms with Crippen LogP contribution in [0.15, 0.2) is 42.5 Å². The van der Waals surface area contributed by atoms with Gasteiger partial charge in [0.1, 0.15) is 6.29 Å².